The summed E-state index contributed by atoms with van der Waals surface area (Å²) in [6.45, 7) is 5.11. The number of ether oxygens (including phenoxy) is 4. The molecule has 57 heavy (non-hydrogen) atoms. The van der Waals surface area contributed by atoms with Crippen molar-refractivity contribution in [2.24, 2.45) is 0 Å². The van der Waals surface area contributed by atoms with E-state index >= 15 is 0 Å². The Balaban J connectivity index is 1.51. The third-order valence-electron chi connectivity index (χ3n) is 9.78. The van der Waals surface area contributed by atoms with Crippen molar-refractivity contribution in [3.05, 3.63) is 72.8 Å². The highest BCUT2D eigenvalue weighted by atomic mass is 32.2. The number of benzene rings is 2. The van der Waals surface area contributed by atoms with Crippen molar-refractivity contribution in [1.82, 2.24) is 0 Å². The van der Waals surface area contributed by atoms with Gasteiger partial charge in [0, 0.05) is 12.8 Å². The summed E-state index contributed by atoms with van der Waals surface area (Å²) < 4.78 is 48.3. The third-order valence-corrected chi connectivity index (χ3v) is 11.6. The lowest BCUT2D eigenvalue weighted by Gasteiger charge is -2.10. The highest BCUT2D eigenvalue weighted by Gasteiger charge is 2.18. The first kappa shape index (κ1) is 49.6. The molecule has 0 spiro atoms. The molecule has 0 radical (unpaired) electrons. The number of carbonyl (C=O) groups is 2. The van der Waals surface area contributed by atoms with Gasteiger partial charge in [-0.15, -0.1) is 0 Å². The maximum absolute atomic E-state index is 13.2. The second kappa shape index (κ2) is 33.4. The number of rotatable bonds is 36. The van der Waals surface area contributed by atoms with E-state index in [1.165, 1.54) is 114 Å². The maximum atomic E-state index is 13.2. The van der Waals surface area contributed by atoms with Crippen molar-refractivity contribution < 1.29 is 37.0 Å². The zero-order valence-electron chi connectivity index (χ0n) is 35.4. The lowest BCUT2D eigenvalue weighted by molar-refractivity contribution is -0.145. The van der Waals surface area contributed by atoms with Crippen molar-refractivity contribution in [2.75, 3.05) is 26.4 Å². The standard InChI is InChI=1S/C48H74O8S/c1-3-5-7-9-11-13-15-17-19-21-23-25-27-29-47(49)55-41-39-53-43-31-35-45(36-32-43)57(51,52)46-37-33-44(34-38-46)54-40-42-56-48(50)30-28-26-24-22-20-18-16-14-12-10-8-6-4-2/h11-14,31-38H,3-10,15-30,39-42H2,1-2H3/b13-11+,14-12+. The number of carbonyl (C=O) groups excluding carboxylic acids is 2. The van der Waals surface area contributed by atoms with Crippen LogP contribution in [0, 0.1) is 0 Å². The fourth-order valence-electron chi connectivity index (χ4n) is 6.31. The van der Waals surface area contributed by atoms with E-state index in [1.807, 2.05) is 0 Å². The summed E-state index contributed by atoms with van der Waals surface area (Å²) in [5, 5.41) is 0. The second-order valence-electron chi connectivity index (χ2n) is 14.8. The van der Waals surface area contributed by atoms with Crippen molar-refractivity contribution in [1.29, 1.82) is 0 Å². The van der Waals surface area contributed by atoms with Crippen molar-refractivity contribution in [3.8, 4) is 11.5 Å². The number of allylic oxidation sites excluding steroid dienone is 4. The molecule has 0 N–H and O–H groups in total. The Kier molecular flexibility index (Phi) is 29.0. The van der Waals surface area contributed by atoms with Crippen LogP contribution in [0.5, 0.6) is 11.5 Å². The quantitative estimate of drug-likeness (QED) is 0.0381. The fourth-order valence-corrected chi connectivity index (χ4v) is 7.57. The first-order chi connectivity index (χ1) is 27.9. The molecule has 0 saturated carbocycles. The predicted molar refractivity (Wildman–Crippen MR) is 232 cm³/mol. The van der Waals surface area contributed by atoms with Crippen LogP contribution in [-0.2, 0) is 28.9 Å². The fraction of sp³-hybridized carbons (Fsp3) is 0.625. The van der Waals surface area contributed by atoms with E-state index in [1.54, 1.807) is 24.3 Å². The monoisotopic (exact) mass is 811 g/mol. The zero-order chi connectivity index (χ0) is 41.1. The molecular formula is C48H74O8S. The minimum atomic E-state index is -3.75. The van der Waals surface area contributed by atoms with Crippen molar-refractivity contribution in [2.45, 2.75) is 178 Å². The van der Waals surface area contributed by atoms with E-state index < -0.39 is 9.84 Å². The molecule has 0 amide bonds. The van der Waals surface area contributed by atoms with Crippen molar-refractivity contribution >= 4 is 21.8 Å². The van der Waals surface area contributed by atoms with Crippen LogP contribution in [0.2, 0.25) is 0 Å². The van der Waals surface area contributed by atoms with E-state index in [4.69, 9.17) is 18.9 Å². The summed E-state index contributed by atoms with van der Waals surface area (Å²) in [7, 11) is -3.75. The van der Waals surface area contributed by atoms with Gasteiger partial charge >= 0.3 is 11.9 Å². The molecule has 0 bridgehead atoms. The van der Waals surface area contributed by atoms with Gasteiger partial charge in [0.2, 0.25) is 9.84 Å². The summed E-state index contributed by atoms with van der Waals surface area (Å²) >= 11 is 0. The largest absolute Gasteiger partial charge is 0.490 e. The Morgan fingerprint density at radius 2 is 0.754 bits per heavy atom. The van der Waals surface area contributed by atoms with Gasteiger partial charge in [-0.1, -0.05) is 115 Å². The SMILES string of the molecule is CCCCC/C=C/CCCCCCCCC(=O)OCCOc1ccc(S(=O)(=O)c2ccc(OCCOC(=O)CCCCCCCC/C=C/CCCCC)cc2)cc1. The summed E-state index contributed by atoms with van der Waals surface area (Å²) in [5.41, 5.74) is 0. The van der Waals surface area contributed by atoms with Crippen LogP contribution in [0.3, 0.4) is 0 Å². The van der Waals surface area contributed by atoms with Crippen LogP contribution >= 0.6 is 0 Å². The van der Waals surface area contributed by atoms with Gasteiger partial charge in [0.15, 0.2) is 0 Å². The number of sulfone groups is 1. The average Bonchev–Trinajstić information content (AvgIpc) is 3.22. The molecule has 0 heterocycles. The van der Waals surface area contributed by atoms with Crippen LogP contribution in [0.25, 0.3) is 0 Å². The van der Waals surface area contributed by atoms with Crippen LogP contribution in [0.1, 0.15) is 168 Å². The Morgan fingerprint density at radius 1 is 0.439 bits per heavy atom. The molecule has 0 aliphatic rings. The summed E-state index contributed by atoms with van der Waals surface area (Å²) in [6.07, 6.45) is 35.9. The number of unbranched alkanes of at least 4 members (excludes halogenated alkanes) is 18. The van der Waals surface area contributed by atoms with Gasteiger partial charge in [-0.25, -0.2) is 8.42 Å². The Labute approximate surface area is 346 Å². The minimum absolute atomic E-state index is 0.137. The van der Waals surface area contributed by atoms with Gasteiger partial charge in [-0.05, 0) is 113 Å². The van der Waals surface area contributed by atoms with E-state index in [9.17, 15) is 18.0 Å². The Morgan fingerprint density at radius 3 is 1.11 bits per heavy atom. The number of hydrogen-bond donors (Lipinski definition) is 0. The Hall–Kier alpha value is -3.59. The van der Waals surface area contributed by atoms with E-state index in [2.05, 4.69) is 38.2 Å². The molecule has 320 valence electrons. The van der Waals surface area contributed by atoms with Crippen LogP contribution in [-0.4, -0.2) is 46.8 Å². The topological polar surface area (TPSA) is 105 Å². The summed E-state index contributed by atoms with van der Waals surface area (Å²) in [6, 6.07) is 12.4. The smallest absolute Gasteiger partial charge is 0.305 e. The lowest BCUT2D eigenvalue weighted by atomic mass is 10.1. The molecule has 8 nitrogen and oxygen atoms in total. The summed E-state index contributed by atoms with van der Waals surface area (Å²) in [5.74, 6) is 0.539. The first-order valence-corrected chi connectivity index (χ1v) is 23.7. The van der Waals surface area contributed by atoms with Gasteiger partial charge in [-0.3, -0.25) is 9.59 Å². The maximum Gasteiger partial charge on any atom is 0.305 e. The number of hydrogen-bond acceptors (Lipinski definition) is 8. The minimum Gasteiger partial charge on any atom is -0.490 e. The average molecular weight is 811 g/mol. The van der Waals surface area contributed by atoms with E-state index in [0.29, 0.717) is 24.3 Å². The van der Waals surface area contributed by atoms with Gasteiger partial charge in [-0.2, -0.15) is 0 Å². The molecule has 0 aromatic heterocycles. The molecule has 0 unspecified atom stereocenters. The summed E-state index contributed by atoms with van der Waals surface area (Å²) in [4.78, 5) is 24.4. The normalized spacial score (nSPS) is 11.7. The molecule has 0 aliphatic carbocycles. The van der Waals surface area contributed by atoms with Gasteiger partial charge in [0.25, 0.3) is 0 Å². The first-order valence-electron chi connectivity index (χ1n) is 22.2. The molecule has 0 fully saturated rings. The molecule has 2 rings (SSSR count). The molecule has 0 atom stereocenters. The van der Waals surface area contributed by atoms with Crippen LogP contribution < -0.4 is 9.47 Å². The molecule has 0 aliphatic heterocycles. The zero-order valence-corrected chi connectivity index (χ0v) is 36.2. The lowest BCUT2D eigenvalue weighted by Crippen LogP contribution is -2.12. The second-order valence-corrected chi connectivity index (χ2v) is 16.8. The molecular weight excluding hydrogens is 737 g/mol. The predicted octanol–water partition coefficient (Wildman–Crippen LogP) is 12.9. The van der Waals surface area contributed by atoms with Gasteiger partial charge in [0.1, 0.15) is 37.9 Å². The van der Waals surface area contributed by atoms with E-state index in [-0.39, 0.29) is 48.2 Å². The highest BCUT2D eigenvalue weighted by Crippen LogP contribution is 2.25. The van der Waals surface area contributed by atoms with Gasteiger partial charge in [0.05, 0.1) is 9.79 Å². The number of esters is 2. The molecule has 0 saturated heterocycles. The van der Waals surface area contributed by atoms with Gasteiger partial charge < -0.3 is 18.9 Å². The molecule has 2 aromatic carbocycles. The highest BCUT2D eigenvalue weighted by molar-refractivity contribution is 7.91. The van der Waals surface area contributed by atoms with Crippen LogP contribution in [0.15, 0.2) is 82.6 Å². The van der Waals surface area contributed by atoms with Crippen LogP contribution in [0.4, 0.5) is 0 Å². The Bertz CT molecular complexity index is 1360. The van der Waals surface area contributed by atoms with E-state index in [0.717, 1.165) is 51.4 Å². The molecule has 9 heteroatoms. The molecule has 2 aromatic rings. The third kappa shape index (κ3) is 25.4. The van der Waals surface area contributed by atoms with Crippen molar-refractivity contribution in [3.63, 3.8) is 0 Å².